The van der Waals surface area contributed by atoms with E-state index in [2.05, 4.69) is 20.1 Å². The fourth-order valence-electron chi connectivity index (χ4n) is 3.73. The Morgan fingerprint density at radius 2 is 1.47 bits per heavy atom. The fraction of sp³-hybridized carbons (Fsp3) is 0.476. The lowest BCUT2D eigenvalue weighted by molar-refractivity contribution is -0.394. The Balaban J connectivity index is 3.58. The van der Waals surface area contributed by atoms with Crippen LogP contribution in [0.4, 0.5) is 17.1 Å². The van der Waals surface area contributed by atoms with E-state index in [0.29, 0.717) is 13.0 Å². The summed E-state index contributed by atoms with van der Waals surface area (Å²) in [4.78, 5) is 33.5. The maximum atomic E-state index is 11.8. The van der Waals surface area contributed by atoms with Crippen molar-refractivity contribution < 1.29 is 19.7 Å². The van der Waals surface area contributed by atoms with Crippen molar-refractivity contribution in [2.45, 2.75) is 45.4 Å². The zero-order valence-electron chi connectivity index (χ0n) is 17.4. The lowest BCUT2D eigenvalue weighted by Gasteiger charge is -2.35. The van der Waals surface area contributed by atoms with Crippen molar-refractivity contribution in [3.8, 4) is 0 Å². The average molecular weight is 420 g/mol. The zero-order valence-corrected chi connectivity index (χ0v) is 17.4. The van der Waals surface area contributed by atoms with E-state index in [1.807, 2.05) is 0 Å². The number of hydrogen-bond donors (Lipinski definition) is 1. The van der Waals surface area contributed by atoms with Gasteiger partial charge in [-0.2, -0.15) is 0 Å². The summed E-state index contributed by atoms with van der Waals surface area (Å²) in [6.07, 6.45) is 9.08. The molecule has 1 rings (SSSR count). The first-order valence-electron chi connectivity index (χ1n) is 10.0. The molecule has 1 N–H and O–H groups in total. The van der Waals surface area contributed by atoms with Crippen LogP contribution in [0, 0.1) is 20.2 Å². The smallest absolute Gasteiger partial charge is 0.337 e. The van der Waals surface area contributed by atoms with Crippen LogP contribution < -0.4 is 4.48 Å². The standard InChI is InChI=1S/C21H29N3O6/c1-4-7-8-9-10-11-14-24(12-5-2,13-6-3)20-18(22(27)28)15-17(21(25)26)16-19(20)23(29)30/h5-6,15-16H,2-4,7-14H2,1H3/p+1. The van der Waals surface area contributed by atoms with Gasteiger partial charge in [0.05, 0.1) is 22.0 Å². The molecule has 30 heavy (non-hydrogen) atoms. The largest absolute Gasteiger partial charge is 0.478 e. The summed E-state index contributed by atoms with van der Waals surface area (Å²) in [6, 6.07) is 1.79. The molecule has 0 aliphatic rings. The molecule has 1 aromatic rings. The van der Waals surface area contributed by atoms with Crippen LogP contribution in [0.25, 0.3) is 0 Å². The number of benzene rings is 1. The quantitative estimate of drug-likeness (QED) is 0.136. The summed E-state index contributed by atoms with van der Waals surface area (Å²) >= 11 is 0. The van der Waals surface area contributed by atoms with E-state index in [-0.39, 0.29) is 23.3 Å². The molecule has 9 heteroatoms. The van der Waals surface area contributed by atoms with Crippen molar-refractivity contribution >= 4 is 23.0 Å². The van der Waals surface area contributed by atoms with E-state index in [0.717, 1.165) is 44.2 Å². The van der Waals surface area contributed by atoms with E-state index in [9.17, 15) is 30.1 Å². The number of carboxylic acid groups (broad SMARTS) is 1. The third kappa shape index (κ3) is 6.21. The Kier molecular flexibility index (Phi) is 9.83. The molecule has 0 saturated heterocycles. The number of hydrogen-bond acceptors (Lipinski definition) is 5. The van der Waals surface area contributed by atoms with E-state index >= 15 is 0 Å². The number of carboxylic acids is 1. The SMILES string of the molecule is C=CC[N+](CC=C)(CCCCCCCC)c1c([N+](=O)[O-])cc(C(=O)O)cc1[N+](=O)[O-]. The Morgan fingerprint density at radius 1 is 1.00 bits per heavy atom. The van der Waals surface area contributed by atoms with Crippen molar-refractivity contribution in [1.29, 1.82) is 0 Å². The molecule has 0 aromatic heterocycles. The second-order valence-electron chi connectivity index (χ2n) is 7.26. The van der Waals surface area contributed by atoms with Crippen molar-refractivity contribution in [1.82, 2.24) is 4.48 Å². The molecule has 0 spiro atoms. The molecule has 9 nitrogen and oxygen atoms in total. The molecule has 0 fully saturated rings. The van der Waals surface area contributed by atoms with Crippen LogP contribution in [0.2, 0.25) is 0 Å². The Bertz CT molecular complexity index is 761. The molecular weight excluding hydrogens is 390 g/mol. The van der Waals surface area contributed by atoms with Gasteiger partial charge in [0, 0.05) is 12.1 Å². The first-order chi connectivity index (χ1) is 14.2. The minimum Gasteiger partial charge on any atom is -0.478 e. The number of aromatic carboxylic acids is 1. The van der Waals surface area contributed by atoms with Gasteiger partial charge in [0.15, 0.2) is 0 Å². The van der Waals surface area contributed by atoms with Crippen LogP contribution in [-0.2, 0) is 0 Å². The van der Waals surface area contributed by atoms with Gasteiger partial charge >= 0.3 is 17.3 Å². The molecular formula is C21H30N3O6+. The zero-order chi connectivity index (χ0) is 22.7. The minimum atomic E-state index is -1.46. The van der Waals surface area contributed by atoms with E-state index in [1.165, 1.54) is 0 Å². The molecule has 0 radical (unpaired) electrons. The number of carbonyl (C=O) groups is 1. The van der Waals surface area contributed by atoms with Crippen molar-refractivity contribution in [2.75, 3.05) is 19.6 Å². The summed E-state index contributed by atoms with van der Waals surface area (Å²) in [5, 5.41) is 32.9. The number of nitro groups is 2. The topological polar surface area (TPSA) is 124 Å². The monoisotopic (exact) mass is 420 g/mol. The van der Waals surface area contributed by atoms with Crippen LogP contribution >= 0.6 is 0 Å². The third-order valence-electron chi connectivity index (χ3n) is 5.08. The third-order valence-corrected chi connectivity index (χ3v) is 5.08. The second-order valence-corrected chi connectivity index (χ2v) is 7.26. The Labute approximate surface area is 176 Å². The predicted octanol–water partition coefficient (Wildman–Crippen LogP) is 5.24. The highest BCUT2D eigenvalue weighted by atomic mass is 16.6. The van der Waals surface area contributed by atoms with Crippen molar-refractivity contribution in [3.05, 3.63) is 63.2 Å². The van der Waals surface area contributed by atoms with Crippen LogP contribution in [0.5, 0.6) is 0 Å². The number of nitro benzene ring substituents is 2. The molecule has 0 aliphatic heterocycles. The summed E-state index contributed by atoms with van der Waals surface area (Å²) in [7, 11) is 0. The molecule has 0 aliphatic carbocycles. The maximum Gasteiger partial charge on any atom is 0.337 e. The van der Waals surface area contributed by atoms with Gasteiger partial charge < -0.3 is 5.11 Å². The van der Waals surface area contributed by atoms with Crippen LogP contribution in [0.15, 0.2) is 37.4 Å². The normalized spacial score (nSPS) is 11.1. The van der Waals surface area contributed by atoms with Crippen LogP contribution in [-0.4, -0.2) is 40.6 Å². The van der Waals surface area contributed by atoms with Gasteiger partial charge in [-0.15, -0.1) is 0 Å². The molecule has 0 atom stereocenters. The summed E-state index contributed by atoms with van der Waals surface area (Å²) in [5.41, 5.74) is -1.75. The van der Waals surface area contributed by atoms with Crippen molar-refractivity contribution in [2.24, 2.45) is 0 Å². The van der Waals surface area contributed by atoms with Gasteiger partial charge in [0.1, 0.15) is 13.1 Å². The molecule has 0 bridgehead atoms. The van der Waals surface area contributed by atoms with E-state index < -0.39 is 32.8 Å². The average Bonchev–Trinajstić information content (AvgIpc) is 2.69. The highest BCUT2D eigenvalue weighted by Gasteiger charge is 2.43. The molecule has 164 valence electrons. The van der Waals surface area contributed by atoms with Crippen LogP contribution in [0.1, 0.15) is 55.8 Å². The molecule has 0 unspecified atom stereocenters. The van der Waals surface area contributed by atoms with Gasteiger partial charge in [0.2, 0.25) is 0 Å². The number of rotatable bonds is 15. The van der Waals surface area contributed by atoms with Gasteiger partial charge in [-0.1, -0.05) is 45.8 Å². The highest BCUT2D eigenvalue weighted by molar-refractivity contribution is 5.92. The molecule has 0 heterocycles. The molecule has 0 amide bonds. The Morgan fingerprint density at radius 3 is 1.87 bits per heavy atom. The van der Waals surface area contributed by atoms with Gasteiger partial charge in [-0.25, -0.2) is 4.79 Å². The number of quaternary nitrogens is 1. The number of unbranched alkanes of at least 4 members (excludes halogenated alkanes) is 5. The van der Waals surface area contributed by atoms with Gasteiger partial charge in [-0.05, 0) is 25.0 Å². The van der Waals surface area contributed by atoms with Gasteiger partial charge in [-0.3, -0.25) is 24.7 Å². The molecule has 1 aromatic carbocycles. The molecule has 0 saturated carbocycles. The highest BCUT2D eigenvalue weighted by Crippen LogP contribution is 2.43. The summed E-state index contributed by atoms with van der Waals surface area (Å²) in [6.45, 7) is 10.4. The lowest BCUT2D eigenvalue weighted by atomic mass is 10.0. The lowest BCUT2D eigenvalue weighted by Crippen LogP contribution is -2.51. The predicted molar refractivity (Wildman–Crippen MR) is 117 cm³/mol. The first-order valence-corrected chi connectivity index (χ1v) is 10.0. The first kappa shape index (κ1) is 25.0. The maximum absolute atomic E-state index is 11.8. The van der Waals surface area contributed by atoms with E-state index in [4.69, 9.17) is 0 Å². The summed E-state index contributed by atoms with van der Waals surface area (Å²) in [5.74, 6) is -1.46. The van der Waals surface area contributed by atoms with E-state index in [1.54, 1.807) is 12.2 Å². The fourth-order valence-corrected chi connectivity index (χ4v) is 3.73. The van der Waals surface area contributed by atoms with Crippen LogP contribution in [0.3, 0.4) is 0 Å². The van der Waals surface area contributed by atoms with Crippen molar-refractivity contribution in [3.63, 3.8) is 0 Å². The minimum absolute atomic E-state index is 0.104. The Hall–Kier alpha value is -3.07. The van der Waals surface area contributed by atoms with Gasteiger partial charge in [0.25, 0.3) is 5.69 Å². The number of nitrogens with zero attached hydrogens (tertiary/aromatic N) is 3. The summed E-state index contributed by atoms with van der Waals surface area (Å²) < 4.78 is -0.104. The second kappa shape index (κ2) is 11.8.